The number of hydrogen-bond donors (Lipinski definition) is 0. The second-order valence-corrected chi connectivity index (χ2v) is 5.75. The fourth-order valence-corrected chi connectivity index (χ4v) is 2.21. The summed E-state index contributed by atoms with van der Waals surface area (Å²) in [6.45, 7) is 4.64. The molecule has 1 unspecified atom stereocenters. The van der Waals surface area contributed by atoms with Gasteiger partial charge in [-0.25, -0.2) is 4.79 Å². The molecular weight excluding hydrogens is 352 g/mol. The smallest absolute Gasteiger partial charge is 0.337 e. The number of methoxy groups -OCH3 is 1. The van der Waals surface area contributed by atoms with Crippen molar-refractivity contribution in [2.75, 3.05) is 26.9 Å². The topological polar surface area (TPSA) is 94.1 Å². The lowest BCUT2D eigenvalue weighted by Crippen LogP contribution is -2.53. The Balaban J connectivity index is 2.72. The van der Waals surface area contributed by atoms with Crippen LogP contribution in [0.25, 0.3) is 0 Å². The minimum Gasteiger partial charge on any atom is -0.544 e. The molecule has 1 aromatic carbocycles. The van der Waals surface area contributed by atoms with Gasteiger partial charge in [-0.05, 0) is 37.1 Å². The minimum atomic E-state index is -2.04. The van der Waals surface area contributed by atoms with Crippen LogP contribution in [0.3, 0.4) is 0 Å². The Morgan fingerprint density at radius 3 is 2.24 bits per heavy atom. The Bertz CT molecular complexity index is 594. The molecule has 0 spiro atoms. The van der Waals surface area contributed by atoms with Gasteiger partial charge in [-0.2, -0.15) is 0 Å². The quantitative estimate of drug-likeness (QED) is 0.265. The van der Waals surface area contributed by atoms with E-state index in [-0.39, 0.29) is 19.6 Å². The highest BCUT2D eigenvalue weighted by Crippen LogP contribution is 2.26. The van der Waals surface area contributed by atoms with Crippen molar-refractivity contribution in [3.63, 3.8) is 0 Å². The number of carboxylic acid groups (broad SMARTS) is 1. The van der Waals surface area contributed by atoms with Crippen molar-refractivity contribution in [2.45, 2.75) is 33.0 Å². The van der Waals surface area contributed by atoms with Gasteiger partial charge in [0.1, 0.15) is 18.3 Å². The Hall–Kier alpha value is -1.67. The van der Waals surface area contributed by atoms with Crippen LogP contribution in [-0.2, 0) is 23.8 Å². The fourth-order valence-electron chi connectivity index (χ4n) is 2.10. The van der Waals surface area contributed by atoms with Gasteiger partial charge < -0.3 is 28.8 Å². The van der Waals surface area contributed by atoms with E-state index in [2.05, 4.69) is 0 Å². The van der Waals surface area contributed by atoms with Crippen molar-refractivity contribution in [1.82, 2.24) is 0 Å². The first-order valence-electron chi connectivity index (χ1n) is 7.71. The molecule has 0 aromatic heterocycles. The third-order valence-corrected chi connectivity index (χ3v) is 4.06. The number of carboxylic acids is 1. The van der Waals surface area contributed by atoms with Gasteiger partial charge in [0.25, 0.3) is 0 Å². The van der Waals surface area contributed by atoms with Crippen molar-refractivity contribution < 1.29 is 33.6 Å². The predicted molar refractivity (Wildman–Crippen MR) is 88.4 cm³/mol. The van der Waals surface area contributed by atoms with Gasteiger partial charge in [0.05, 0.1) is 13.2 Å². The zero-order valence-electron chi connectivity index (χ0n) is 14.7. The number of hydrogen-bond acceptors (Lipinski definition) is 7. The fraction of sp³-hybridized carbons (Fsp3) is 0.529. The van der Waals surface area contributed by atoms with E-state index >= 15 is 0 Å². The zero-order chi connectivity index (χ0) is 19.0. The summed E-state index contributed by atoms with van der Waals surface area (Å²) in [4.78, 5) is 23.3. The summed E-state index contributed by atoms with van der Waals surface area (Å²) < 4.78 is 20.3. The van der Waals surface area contributed by atoms with Crippen LogP contribution >= 0.6 is 11.6 Å². The molecule has 0 radical (unpaired) electrons. The van der Waals surface area contributed by atoms with Crippen LogP contribution in [0.4, 0.5) is 0 Å². The average molecular weight is 374 g/mol. The SMILES string of the molecule is CCC(OCCOC)(OCC(=O)Oc1cc(C)c(Cl)c(C)c1)C(=O)[O-]. The van der Waals surface area contributed by atoms with E-state index < -0.39 is 24.3 Å². The number of ether oxygens (including phenoxy) is 4. The molecule has 0 saturated heterocycles. The molecule has 140 valence electrons. The molecule has 0 fully saturated rings. The molecule has 1 atom stereocenters. The highest BCUT2D eigenvalue weighted by molar-refractivity contribution is 6.32. The molecule has 0 amide bonds. The molecule has 0 aliphatic heterocycles. The summed E-state index contributed by atoms with van der Waals surface area (Å²) in [5.41, 5.74) is 1.51. The average Bonchev–Trinajstić information content (AvgIpc) is 2.55. The van der Waals surface area contributed by atoms with Crippen molar-refractivity contribution >= 4 is 23.5 Å². The van der Waals surface area contributed by atoms with Crippen LogP contribution < -0.4 is 9.84 Å². The predicted octanol–water partition coefficient (Wildman–Crippen LogP) is 1.40. The standard InChI is InChI=1S/C17H23ClO7/c1-5-17(16(20)21,23-7-6-22-4)24-10-14(19)25-13-8-11(2)15(18)12(3)9-13/h8-9H,5-7,10H2,1-4H3,(H,20,21)/p-1. The number of halogens is 1. The van der Waals surface area contributed by atoms with Crippen LogP contribution in [0, 0.1) is 13.8 Å². The minimum absolute atomic E-state index is 0.0249. The maximum atomic E-state index is 12.0. The van der Waals surface area contributed by atoms with Crippen molar-refractivity contribution in [1.29, 1.82) is 0 Å². The van der Waals surface area contributed by atoms with Crippen LogP contribution in [0.2, 0.25) is 5.02 Å². The Kier molecular flexibility index (Phi) is 8.31. The molecule has 1 rings (SSSR count). The number of benzene rings is 1. The number of esters is 1. The number of aliphatic carboxylic acids is 1. The second kappa shape index (κ2) is 9.72. The van der Waals surface area contributed by atoms with Crippen LogP contribution in [0.1, 0.15) is 24.5 Å². The molecular formula is C17H22ClO7-. The zero-order valence-corrected chi connectivity index (χ0v) is 15.5. The van der Waals surface area contributed by atoms with E-state index in [0.717, 1.165) is 11.1 Å². The third-order valence-electron chi connectivity index (χ3n) is 3.46. The van der Waals surface area contributed by atoms with E-state index in [1.54, 1.807) is 32.9 Å². The number of rotatable bonds is 10. The first-order chi connectivity index (χ1) is 11.8. The highest BCUT2D eigenvalue weighted by atomic mass is 35.5. The van der Waals surface area contributed by atoms with Gasteiger partial charge in [-0.15, -0.1) is 0 Å². The first kappa shape index (κ1) is 21.4. The van der Waals surface area contributed by atoms with E-state index in [1.807, 2.05) is 0 Å². The lowest BCUT2D eigenvalue weighted by atomic mass is 10.1. The molecule has 0 saturated carbocycles. The van der Waals surface area contributed by atoms with E-state index in [1.165, 1.54) is 7.11 Å². The Morgan fingerprint density at radius 2 is 1.76 bits per heavy atom. The van der Waals surface area contributed by atoms with Crippen molar-refractivity contribution in [3.8, 4) is 5.75 Å². The maximum Gasteiger partial charge on any atom is 0.337 e. The highest BCUT2D eigenvalue weighted by Gasteiger charge is 2.33. The van der Waals surface area contributed by atoms with Gasteiger partial charge in [-0.1, -0.05) is 18.5 Å². The summed E-state index contributed by atoms with van der Waals surface area (Å²) in [7, 11) is 1.45. The molecule has 25 heavy (non-hydrogen) atoms. The van der Waals surface area contributed by atoms with Crippen molar-refractivity contribution in [3.05, 3.63) is 28.3 Å². The summed E-state index contributed by atoms with van der Waals surface area (Å²) in [6, 6.07) is 3.21. The van der Waals surface area contributed by atoms with Crippen LogP contribution in [0.15, 0.2) is 12.1 Å². The van der Waals surface area contributed by atoms with E-state index in [4.69, 9.17) is 30.5 Å². The molecule has 0 aliphatic rings. The molecule has 1 aromatic rings. The van der Waals surface area contributed by atoms with Crippen LogP contribution in [-0.4, -0.2) is 44.7 Å². The molecule has 0 aliphatic carbocycles. The Morgan fingerprint density at radius 1 is 1.16 bits per heavy atom. The number of carbonyl (C=O) groups is 2. The van der Waals surface area contributed by atoms with Gasteiger partial charge in [0, 0.05) is 18.6 Å². The van der Waals surface area contributed by atoms with Gasteiger partial charge in [-0.3, -0.25) is 0 Å². The second-order valence-electron chi connectivity index (χ2n) is 5.37. The normalized spacial score (nSPS) is 13.3. The Labute approximate surface area is 151 Å². The summed E-state index contributed by atoms with van der Waals surface area (Å²) in [6.07, 6.45) is -0.0501. The number of carbonyl (C=O) groups excluding carboxylic acids is 2. The van der Waals surface area contributed by atoms with E-state index in [0.29, 0.717) is 10.8 Å². The lowest BCUT2D eigenvalue weighted by molar-refractivity contribution is -0.359. The van der Waals surface area contributed by atoms with Crippen LogP contribution in [0.5, 0.6) is 5.75 Å². The first-order valence-corrected chi connectivity index (χ1v) is 8.09. The molecule has 8 heteroatoms. The monoisotopic (exact) mass is 373 g/mol. The van der Waals surface area contributed by atoms with Gasteiger partial charge in [0.15, 0.2) is 0 Å². The number of aryl methyl sites for hydroxylation is 2. The molecule has 7 nitrogen and oxygen atoms in total. The molecule has 0 N–H and O–H groups in total. The van der Waals surface area contributed by atoms with Gasteiger partial charge >= 0.3 is 5.97 Å². The van der Waals surface area contributed by atoms with E-state index in [9.17, 15) is 14.7 Å². The van der Waals surface area contributed by atoms with Crippen molar-refractivity contribution in [2.24, 2.45) is 0 Å². The summed E-state index contributed by atoms with van der Waals surface area (Å²) in [5, 5.41) is 12.0. The third kappa shape index (κ3) is 5.97. The molecule has 0 heterocycles. The largest absolute Gasteiger partial charge is 0.544 e. The molecule has 0 bridgehead atoms. The maximum absolute atomic E-state index is 12.0. The lowest BCUT2D eigenvalue weighted by Gasteiger charge is -2.33. The van der Waals surface area contributed by atoms with Gasteiger partial charge in [0.2, 0.25) is 5.79 Å². The summed E-state index contributed by atoms with van der Waals surface area (Å²) in [5.74, 6) is -4.08. The summed E-state index contributed by atoms with van der Waals surface area (Å²) >= 11 is 6.06.